The van der Waals surface area contributed by atoms with Crippen molar-refractivity contribution < 1.29 is 19.1 Å². The largest absolute Gasteiger partial charge is 2.00 e. The van der Waals surface area contributed by atoms with Crippen LogP contribution in [-0.4, -0.2) is 91.4 Å². The van der Waals surface area contributed by atoms with Crippen molar-refractivity contribution in [1.29, 1.82) is 0 Å². The molecule has 0 saturated carbocycles. The molecule has 4 nitrogen and oxygen atoms in total. The van der Waals surface area contributed by atoms with Crippen LogP contribution in [0.25, 0.3) is 0 Å². The molecule has 0 bridgehead atoms. The Hall–Kier alpha value is -0.564. The molecule has 0 aliphatic carbocycles. The summed E-state index contributed by atoms with van der Waals surface area (Å²) in [5.41, 5.74) is 5.54. The second-order valence-electron chi connectivity index (χ2n) is 9.78. The summed E-state index contributed by atoms with van der Waals surface area (Å²) in [6.07, 6.45) is 11.9. The molecule has 4 aliphatic heterocycles. The maximum Gasteiger partial charge on any atom is 2.00 e. The van der Waals surface area contributed by atoms with Gasteiger partial charge in [0.1, 0.15) is 0 Å². The Labute approximate surface area is 222 Å². The van der Waals surface area contributed by atoms with Crippen molar-refractivity contribution in [1.82, 2.24) is 0 Å². The van der Waals surface area contributed by atoms with E-state index in [-0.39, 0.29) is 23.1 Å². The summed E-state index contributed by atoms with van der Waals surface area (Å²) in [5, 5.41) is 0. The van der Waals surface area contributed by atoms with Gasteiger partial charge >= 0.3 is 36.7 Å². The molecule has 7 heteroatoms. The van der Waals surface area contributed by atoms with E-state index in [1.165, 1.54) is 57.6 Å². The molecule has 0 spiro atoms. The van der Waals surface area contributed by atoms with Crippen LogP contribution in [0.4, 0.5) is 0 Å². The van der Waals surface area contributed by atoms with Gasteiger partial charge in [-0.2, -0.15) is 23.9 Å². The predicted octanol–water partition coefficient (Wildman–Crippen LogP) is 1.84. The van der Waals surface area contributed by atoms with Gasteiger partial charge in [0.2, 0.25) is 0 Å². The molecule has 4 rings (SSSR count). The maximum absolute atomic E-state index is 4.94. The smallest absolute Gasteiger partial charge is 0.424 e. The van der Waals surface area contributed by atoms with Crippen molar-refractivity contribution in [3.63, 3.8) is 0 Å². The first-order valence-electron chi connectivity index (χ1n) is 12.4. The number of hydrogen-bond donors (Lipinski definition) is 2. The molecule has 0 aromatic carbocycles. The zero-order valence-corrected chi connectivity index (χ0v) is 24.2. The molecule has 2 fully saturated rings. The molecule has 0 radical (unpaired) electrons. The van der Waals surface area contributed by atoms with Crippen LogP contribution in [0.5, 0.6) is 0 Å². The van der Waals surface area contributed by atoms with Gasteiger partial charge in [0, 0.05) is 54.6 Å². The van der Waals surface area contributed by atoms with Gasteiger partial charge in [-0.25, -0.2) is 11.6 Å². The van der Waals surface area contributed by atoms with Crippen LogP contribution in [0.2, 0.25) is 0 Å². The van der Waals surface area contributed by atoms with E-state index in [1.807, 2.05) is 0 Å². The summed E-state index contributed by atoms with van der Waals surface area (Å²) >= 11 is 0. The second kappa shape index (κ2) is 18.7. The molecule has 4 heterocycles. The van der Waals surface area contributed by atoms with Crippen molar-refractivity contribution in [3.8, 4) is 0 Å². The number of quaternary nitrogens is 2. The van der Waals surface area contributed by atoms with E-state index in [0.717, 1.165) is 26.4 Å². The number of ether oxygens (including phenoxy) is 2. The van der Waals surface area contributed by atoms with Crippen molar-refractivity contribution in [2.45, 2.75) is 53.4 Å². The van der Waals surface area contributed by atoms with Crippen LogP contribution in [0, 0.1) is 12.7 Å². The maximum atomic E-state index is 4.94. The van der Waals surface area contributed by atoms with Crippen LogP contribution in [0.3, 0.4) is 0 Å². The quantitative estimate of drug-likeness (QED) is 0.480. The summed E-state index contributed by atoms with van der Waals surface area (Å²) in [4.78, 5) is 2.94. The van der Waals surface area contributed by atoms with Gasteiger partial charge in [-0.15, -0.1) is 17.5 Å². The molecule has 2 saturated heterocycles. The summed E-state index contributed by atoms with van der Waals surface area (Å²) in [6, 6.07) is 0. The molecule has 0 atom stereocenters. The molecule has 0 aromatic rings. The van der Waals surface area contributed by atoms with Gasteiger partial charge in [0.15, 0.2) is 0 Å². The normalized spacial score (nSPS) is 19.1. The fourth-order valence-corrected chi connectivity index (χ4v) is 3.83. The van der Waals surface area contributed by atoms with Crippen molar-refractivity contribution in [2.75, 3.05) is 54.6 Å². The first-order valence-corrected chi connectivity index (χ1v) is 12.4. The van der Waals surface area contributed by atoms with Crippen molar-refractivity contribution >= 4 is 36.7 Å². The van der Waals surface area contributed by atoms with E-state index in [0.29, 0.717) is 13.7 Å². The SMILES string of the molecule is C1CCOC1.C1CCOC1.CC1=CB([NH+](C)C)C=C(C)[CH-]1.CC1=CB([NH+](C)C)[CH-]C(C)=C1.[Mg+2]. The topological polar surface area (TPSA) is 27.3 Å². The molecule has 0 aromatic heterocycles. The van der Waals surface area contributed by atoms with Crippen LogP contribution in [0.15, 0.2) is 46.3 Å². The van der Waals surface area contributed by atoms with Crippen molar-refractivity contribution in [3.05, 3.63) is 59.0 Å². The van der Waals surface area contributed by atoms with Gasteiger partial charge in [0.25, 0.3) is 0 Å². The van der Waals surface area contributed by atoms with Crippen LogP contribution in [-0.2, 0) is 9.47 Å². The molecule has 0 amide bonds. The number of rotatable bonds is 2. The summed E-state index contributed by atoms with van der Waals surface area (Å²) in [7, 11) is 8.74. The van der Waals surface area contributed by atoms with Gasteiger partial charge in [-0.1, -0.05) is 33.7 Å². The summed E-state index contributed by atoms with van der Waals surface area (Å²) in [6.45, 7) is 13.8. The molecule has 2 N–H and O–H groups in total. The number of nitrogens with one attached hydrogen (secondary N) is 2. The van der Waals surface area contributed by atoms with Gasteiger partial charge in [0.05, 0.1) is 0 Å². The fourth-order valence-electron chi connectivity index (χ4n) is 3.83. The average molecular weight is 467 g/mol. The third-order valence-electron chi connectivity index (χ3n) is 5.67. The third-order valence-corrected chi connectivity index (χ3v) is 5.67. The van der Waals surface area contributed by atoms with Crippen LogP contribution in [0.1, 0.15) is 53.4 Å². The molecule has 0 unspecified atom stereocenters. The Morgan fingerprint density at radius 3 is 1.45 bits per heavy atom. The predicted molar refractivity (Wildman–Crippen MR) is 147 cm³/mol. The third kappa shape index (κ3) is 15.9. The molecule has 180 valence electrons. The van der Waals surface area contributed by atoms with E-state index >= 15 is 0 Å². The molecular weight excluding hydrogens is 418 g/mol. The Morgan fingerprint density at radius 1 is 0.697 bits per heavy atom. The van der Waals surface area contributed by atoms with E-state index in [1.54, 1.807) is 0 Å². The van der Waals surface area contributed by atoms with E-state index < -0.39 is 0 Å². The van der Waals surface area contributed by atoms with Gasteiger partial charge in [-0.05, 0) is 25.7 Å². The minimum Gasteiger partial charge on any atom is -0.424 e. The zero-order valence-electron chi connectivity index (χ0n) is 22.8. The zero-order chi connectivity index (χ0) is 23.9. The number of hydrogen-bond acceptors (Lipinski definition) is 2. The minimum absolute atomic E-state index is 0. The molecule has 4 aliphatic rings. The second-order valence-corrected chi connectivity index (χ2v) is 9.78. The Kier molecular flexibility index (Phi) is 18.4. The van der Waals surface area contributed by atoms with E-state index in [9.17, 15) is 0 Å². The average Bonchev–Trinajstić information content (AvgIpc) is 3.46. The Morgan fingerprint density at radius 2 is 1.15 bits per heavy atom. The van der Waals surface area contributed by atoms with Gasteiger partial charge < -0.3 is 19.1 Å². The Balaban J connectivity index is 0.000000434. The monoisotopic (exact) mass is 466 g/mol. The van der Waals surface area contributed by atoms with Gasteiger partial charge in [-0.3, -0.25) is 0 Å². The molecular formula is C26H48B2MgN2O2+2. The summed E-state index contributed by atoms with van der Waals surface area (Å²) in [5.74, 6) is 6.92. The van der Waals surface area contributed by atoms with Crippen LogP contribution >= 0.6 is 0 Å². The molecule has 33 heavy (non-hydrogen) atoms. The van der Waals surface area contributed by atoms with E-state index in [2.05, 4.69) is 92.6 Å². The first kappa shape index (κ1) is 32.4. The van der Waals surface area contributed by atoms with Crippen molar-refractivity contribution in [2.24, 2.45) is 0 Å². The summed E-state index contributed by atoms with van der Waals surface area (Å²) < 4.78 is 9.89. The standard InChI is InChI=1S/2C9H15BN.2C4H8O.Mg/c2*1-8-5-9(2)7-10(6-8)11(3)4;2*1-2-4-5-3-1;/h2*5-7H,1-4H3;2*1-4H2;/q2*-1;;;+2/p+2. The van der Waals surface area contributed by atoms with E-state index in [4.69, 9.17) is 9.47 Å². The fraction of sp³-hybridized carbons (Fsp3) is 0.615. The van der Waals surface area contributed by atoms with Crippen LogP contribution < -0.4 is 9.62 Å². The Bertz CT molecular complexity index is 609. The minimum atomic E-state index is 0. The first-order chi connectivity index (χ1) is 15.2. The number of allylic oxidation sites excluding steroid dienone is 5.